The highest BCUT2D eigenvalue weighted by Gasteiger charge is 2.16. The van der Waals surface area contributed by atoms with Crippen molar-refractivity contribution >= 4 is 0 Å². The van der Waals surface area contributed by atoms with Crippen molar-refractivity contribution in [2.45, 2.75) is 32.9 Å². The molecule has 0 saturated heterocycles. The van der Waals surface area contributed by atoms with Gasteiger partial charge in [-0.1, -0.05) is 0 Å². The Morgan fingerprint density at radius 2 is 1.53 bits per heavy atom. The van der Waals surface area contributed by atoms with Gasteiger partial charge in [0.05, 0.1) is 14.2 Å². The molecule has 0 aliphatic rings. The fourth-order valence-electron chi connectivity index (χ4n) is 1.57. The van der Waals surface area contributed by atoms with Crippen LogP contribution in [0, 0.1) is 0 Å². The minimum absolute atomic E-state index is 0.264. The number of hydrogen-bond donors (Lipinski definition) is 1. The summed E-state index contributed by atoms with van der Waals surface area (Å²) in [6.45, 7) is 6.33. The van der Waals surface area contributed by atoms with E-state index >= 15 is 0 Å². The first-order valence-electron chi connectivity index (χ1n) is 5.55. The standard InChI is InChI=1S/C13H21NO3/c1-13(2,3)17-9-6-11(15-4)10(8-14)12(7-9)16-5/h6-7H,8,14H2,1-5H3. The lowest BCUT2D eigenvalue weighted by molar-refractivity contribution is 0.130. The number of hydrogen-bond acceptors (Lipinski definition) is 4. The van der Waals surface area contributed by atoms with E-state index < -0.39 is 0 Å². The molecule has 1 rings (SSSR count). The first kappa shape index (κ1) is 13.6. The summed E-state index contributed by atoms with van der Waals surface area (Å²) >= 11 is 0. The average Bonchev–Trinajstić information content (AvgIpc) is 2.25. The summed E-state index contributed by atoms with van der Waals surface area (Å²) in [5, 5.41) is 0. The van der Waals surface area contributed by atoms with Gasteiger partial charge in [0.25, 0.3) is 0 Å². The van der Waals surface area contributed by atoms with Gasteiger partial charge in [-0.05, 0) is 20.8 Å². The molecule has 0 heterocycles. The summed E-state index contributed by atoms with van der Waals surface area (Å²) < 4.78 is 16.4. The van der Waals surface area contributed by atoms with Crippen LogP contribution in [-0.2, 0) is 6.54 Å². The molecule has 0 amide bonds. The van der Waals surface area contributed by atoms with Crippen molar-refractivity contribution in [2.24, 2.45) is 5.73 Å². The van der Waals surface area contributed by atoms with Crippen LogP contribution in [0.3, 0.4) is 0 Å². The van der Waals surface area contributed by atoms with E-state index in [0.717, 1.165) is 5.56 Å². The molecule has 0 aliphatic carbocycles. The number of rotatable bonds is 4. The third kappa shape index (κ3) is 3.53. The molecule has 0 bridgehead atoms. The highest BCUT2D eigenvalue weighted by molar-refractivity contribution is 5.50. The first-order valence-corrected chi connectivity index (χ1v) is 5.55. The maximum absolute atomic E-state index is 5.79. The molecule has 0 fully saturated rings. The number of nitrogens with two attached hydrogens (primary N) is 1. The van der Waals surface area contributed by atoms with E-state index in [1.165, 1.54) is 0 Å². The van der Waals surface area contributed by atoms with Gasteiger partial charge in [0.1, 0.15) is 22.8 Å². The molecule has 0 aliphatic heterocycles. The summed E-state index contributed by atoms with van der Waals surface area (Å²) in [5.41, 5.74) is 6.26. The predicted octanol–water partition coefficient (Wildman–Crippen LogP) is 2.34. The van der Waals surface area contributed by atoms with Crippen LogP contribution in [0.4, 0.5) is 0 Å². The molecule has 4 nitrogen and oxygen atoms in total. The van der Waals surface area contributed by atoms with E-state index in [4.69, 9.17) is 19.9 Å². The van der Waals surface area contributed by atoms with Crippen molar-refractivity contribution in [1.29, 1.82) is 0 Å². The van der Waals surface area contributed by atoms with E-state index in [9.17, 15) is 0 Å². The van der Waals surface area contributed by atoms with Crippen LogP contribution in [0.15, 0.2) is 12.1 Å². The van der Waals surface area contributed by atoms with Crippen LogP contribution in [0.1, 0.15) is 26.3 Å². The van der Waals surface area contributed by atoms with Gasteiger partial charge in [0.15, 0.2) is 0 Å². The topological polar surface area (TPSA) is 53.7 Å². The van der Waals surface area contributed by atoms with E-state index in [-0.39, 0.29) is 5.60 Å². The third-order valence-corrected chi connectivity index (χ3v) is 2.21. The van der Waals surface area contributed by atoms with Crippen molar-refractivity contribution in [2.75, 3.05) is 14.2 Å². The molecule has 0 aromatic heterocycles. The minimum Gasteiger partial charge on any atom is -0.496 e. The first-order chi connectivity index (χ1) is 7.91. The Kier molecular flexibility index (Phi) is 4.23. The van der Waals surface area contributed by atoms with Crippen molar-refractivity contribution in [3.63, 3.8) is 0 Å². The molecule has 0 unspecified atom stereocenters. The van der Waals surface area contributed by atoms with E-state index in [1.807, 2.05) is 32.9 Å². The molecule has 0 radical (unpaired) electrons. The molecule has 1 aromatic carbocycles. The van der Waals surface area contributed by atoms with Crippen LogP contribution < -0.4 is 19.9 Å². The van der Waals surface area contributed by atoms with Gasteiger partial charge in [0, 0.05) is 24.2 Å². The lowest BCUT2D eigenvalue weighted by atomic mass is 10.1. The zero-order valence-corrected chi connectivity index (χ0v) is 11.2. The molecule has 0 atom stereocenters. The van der Waals surface area contributed by atoms with Crippen molar-refractivity contribution < 1.29 is 14.2 Å². The molecule has 0 spiro atoms. The summed E-state index contributed by atoms with van der Waals surface area (Å²) in [6.07, 6.45) is 0. The fourth-order valence-corrected chi connectivity index (χ4v) is 1.57. The monoisotopic (exact) mass is 239 g/mol. The van der Waals surface area contributed by atoms with Crippen molar-refractivity contribution in [3.05, 3.63) is 17.7 Å². The fraction of sp³-hybridized carbons (Fsp3) is 0.538. The van der Waals surface area contributed by atoms with Gasteiger partial charge < -0.3 is 19.9 Å². The Bertz CT molecular complexity index is 358. The van der Waals surface area contributed by atoms with Crippen molar-refractivity contribution in [3.8, 4) is 17.2 Å². The predicted molar refractivity (Wildman–Crippen MR) is 67.8 cm³/mol. The Labute approximate surface area is 103 Å². The molecule has 96 valence electrons. The average molecular weight is 239 g/mol. The molecular formula is C13H21NO3. The number of ether oxygens (including phenoxy) is 3. The molecule has 2 N–H and O–H groups in total. The molecule has 0 saturated carbocycles. The lowest BCUT2D eigenvalue weighted by Crippen LogP contribution is -2.23. The van der Waals surface area contributed by atoms with Gasteiger partial charge in [-0.2, -0.15) is 0 Å². The molecule has 1 aromatic rings. The van der Waals surface area contributed by atoms with Crippen LogP contribution in [0.5, 0.6) is 17.2 Å². The zero-order valence-electron chi connectivity index (χ0n) is 11.2. The quantitative estimate of drug-likeness (QED) is 0.876. The van der Waals surface area contributed by atoms with Crippen LogP contribution >= 0.6 is 0 Å². The summed E-state index contributed by atoms with van der Waals surface area (Å²) in [4.78, 5) is 0. The largest absolute Gasteiger partial charge is 0.496 e. The smallest absolute Gasteiger partial charge is 0.130 e. The Morgan fingerprint density at radius 1 is 1.06 bits per heavy atom. The lowest BCUT2D eigenvalue weighted by Gasteiger charge is -2.23. The normalized spacial score (nSPS) is 11.2. The van der Waals surface area contributed by atoms with Crippen LogP contribution in [0.2, 0.25) is 0 Å². The highest BCUT2D eigenvalue weighted by atomic mass is 16.5. The van der Waals surface area contributed by atoms with E-state index in [0.29, 0.717) is 23.8 Å². The summed E-state index contributed by atoms with van der Waals surface area (Å²) in [6, 6.07) is 3.66. The molecule has 17 heavy (non-hydrogen) atoms. The minimum atomic E-state index is -0.264. The summed E-state index contributed by atoms with van der Waals surface area (Å²) in [7, 11) is 3.21. The van der Waals surface area contributed by atoms with Gasteiger partial charge in [-0.25, -0.2) is 0 Å². The number of methoxy groups -OCH3 is 2. The van der Waals surface area contributed by atoms with Crippen LogP contribution in [-0.4, -0.2) is 19.8 Å². The SMILES string of the molecule is COc1cc(OC(C)(C)C)cc(OC)c1CN. The maximum atomic E-state index is 5.79. The van der Waals surface area contributed by atoms with E-state index in [2.05, 4.69) is 0 Å². The molecular weight excluding hydrogens is 218 g/mol. The summed E-state index contributed by atoms with van der Waals surface area (Å²) in [5.74, 6) is 2.08. The molecule has 4 heteroatoms. The van der Waals surface area contributed by atoms with Gasteiger partial charge >= 0.3 is 0 Å². The zero-order chi connectivity index (χ0) is 13.1. The third-order valence-electron chi connectivity index (χ3n) is 2.21. The second-order valence-electron chi connectivity index (χ2n) is 4.72. The Balaban J connectivity index is 3.18. The second kappa shape index (κ2) is 5.27. The van der Waals surface area contributed by atoms with Crippen molar-refractivity contribution in [1.82, 2.24) is 0 Å². The highest BCUT2D eigenvalue weighted by Crippen LogP contribution is 2.34. The number of benzene rings is 1. The van der Waals surface area contributed by atoms with E-state index in [1.54, 1.807) is 14.2 Å². The van der Waals surface area contributed by atoms with Gasteiger partial charge in [-0.3, -0.25) is 0 Å². The Morgan fingerprint density at radius 3 is 1.82 bits per heavy atom. The maximum Gasteiger partial charge on any atom is 0.130 e. The van der Waals surface area contributed by atoms with Gasteiger partial charge in [-0.15, -0.1) is 0 Å². The van der Waals surface area contributed by atoms with Gasteiger partial charge in [0.2, 0.25) is 0 Å². The second-order valence-corrected chi connectivity index (χ2v) is 4.72. The Hall–Kier alpha value is -1.42. The van der Waals surface area contributed by atoms with Crippen LogP contribution in [0.25, 0.3) is 0 Å².